The zero-order valence-corrected chi connectivity index (χ0v) is 10.1. The highest BCUT2D eigenvalue weighted by atomic mass is 35.5. The number of carbonyl (C=O) groups excluding carboxylic acids is 1. The van der Waals surface area contributed by atoms with Gasteiger partial charge in [0.25, 0.3) is 0 Å². The van der Waals surface area contributed by atoms with Gasteiger partial charge in [-0.15, -0.1) is 0 Å². The first-order valence-corrected chi connectivity index (χ1v) is 5.92. The van der Waals surface area contributed by atoms with Gasteiger partial charge in [0.05, 0.1) is 10.6 Å². The minimum absolute atomic E-state index is 0.352. The van der Waals surface area contributed by atoms with Crippen molar-refractivity contribution >= 4 is 28.4 Å². The van der Waals surface area contributed by atoms with Gasteiger partial charge < -0.3 is 4.74 Å². The summed E-state index contributed by atoms with van der Waals surface area (Å²) < 4.78 is 5.26. The number of esters is 1. The van der Waals surface area contributed by atoms with Crippen molar-refractivity contribution in [3.63, 3.8) is 0 Å². The number of benzene rings is 2. The molecule has 0 fully saturated rings. The van der Waals surface area contributed by atoms with Crippen LogP contribution in [0, 0.1) is 0 Å². The van der Waals surface area contributed by atoms with Gasteiger partial charge in [0.2, 0.25) is 0 Å². The summed E-state index contributed by atoms with van der Waals surface area (Å²) >= 11 is 6.31. The predicted octanol–water partition coefficient (Wildman–Crippen LogP) is 3.92. The second-order valence-corrected chi connectivity index (χ2v) is 4.32. The highest BCUT2D eigenvalue weighted by molar-refractivity contribution is 6.52. The summed E-state index contributed by atoms with van der Waals surface area (Å²) in [5, 5.41) is 0.453. The van der Waals surface area contributed by atoms with E-state index in [-0.39, 0.29) is 5.97 Å². The average molecular weight is 257 g/mol. The minimum Gasteiger partial charge on any atom is -0.421 e. The van der Waals surface area contributed by atoms with E-state index in [4.69, 9.17) is 16.3 Å². The number of hydrogen-bond donors (Lipinski definition) is 0. The molecule has 0 amide bonds. The molecule has 0 unspecified atom stereocenters. The molecule has 3 heteroatoms. The van der Waals surface area contributed by atoms with Crippen LogP contribution in [0.5, 0.6) is 0 Å². The highest BCUT2D eigenvalue weighted by Crippen LogP contribution is 2.37. The molecule has 0 N–H and O–H groups in total. The van der Waals surface area contributed by atoms with Gasteiger partial charge in [-0.1, -0.05) is 60.1 Å². The third-order valence-electron chi connectivity index (χ3n) is 2.81. The molecule has 18 heavy (non-hydrogen) atoms. The van der Waals surface area contributed by atoms with Crippen molar-refractivity contribution in [2.45, 2.75) is 0 Å². The van der Waals surface area contributed by atoms with E-state index >= 15 is 0 Å². The van der Waals surface area contributed by atoms with Gasteiger partial charge in [0.15, 0.2) is 5.76 Å². The summed E-state index contributed by atoms with van der Waals surface area (Å²) in [5.41, 5.74) is 2.14. The summed E-state index contributed by atoms with van der Waals surface area (Å²) in [7, 11) is 0. The summed E-state index contributed by atoms with van der Waals surface area (Å²) in [6, 6.07) is 16.7. The van der Waals surface area contributed by atoms with Gasteiger partial charge in [0.1, 0.15) is 0 Å². The van der Waals surface area contributed by atoms with Crippen molar-refractivity contribution in [2.24, 2.45) is 0 Å². The van der Waals surface area contributed by atoms with Crippen LogP contribution < -0.4 is 0 Å². The molecule has 0 atom stereocenters. The van der Waals surface area contributed by atoms with Crippen LogP contribution in [-0.2, 0) is 4.74 Å². The maximum Gasteiger partial charge on any atom is 0.344 e. The molecule has 0 saturated heterocycles. The molecular formula is C15H9ClO2. The summed E-state index contributed by atoms with van der Waals surface area (Å²) in [4.78, 5) is 11.7. The van der Waals surface area contributed by atoms with E-state index in [0.29, 0.717) is 16.4 Å². The lowest BCUT2D eigenvalue weighted by Gasteiger charge is -2.03. The second-order valence-electron chi connectivity index (χ2n) is 3.94. The molecule has 0 spiro atoms. The monoisotopic (exact) mass is 256 g/mol. The number of rotatable bonds is 1. The SMILES string of the molecule is O=C1O/C(=C(\Cl)c2ccccc2)c2ccccc21. The molecule has 0 saturated carbocycles. The molecule has 2 aromatic carbocycles. The quantitative estimate of drug-likeness (QED) is 0.723. The van der Waals surface area contributed by atoms with Crippen LogP contribution in [0.2, 0.25) is 0 Å². The lowest BCUT2D eigenvalue weighted by Crippen LogP contribution is -1.92. The summed E-state index contributed by atoms with van der Waals surface area (Å²) in [6.07, 6.45) is 0. The molecule has 88 valence electrons. The lowest BCUT2D eigenvalue weighted by molar-refractivity contribution is 0.0717. The fourth-order valence-electron chi connectivity index (χ4n) is 1.94. The summed E-state index contributed by atoms with van der Waals surface area (Å²) in [6.45, 7) is 0. The first kappa shape index (κ1) is 11.1. The van der Waals surface area contributed by atoms with Gasteiger partial charge in [0, 0.05) is 5.56 Å². The Hall–Kier alpha value is -2.06. The Labute approximate surface area is 109 Å². The molecule has 0 aromatic heterocycles. The molecular weight excluding hydrogens is 248 g/mol. The van der Waals surface area contributed by atoms with E-state index in [1.165, 1.54) is 0 Å². The van der Waals surface area contributed by atoms with Crippen LogP contribution in [0.4, 0.5) is 0 Å². The maximum absolute atomic E-state index is 11.7. The Kier molecular flexibility index (Phi) is 2.65. The molecule has 3 rings (SSSR count). The van der Waals surface area contributed by atoms with Gasteiger partial charge in [-0.2, -0.15) is 0 Å². The molecule has 0 radical (unpaired) electrons. The Morgan fingerprint density at radius 2 is 1.50 bits per heavy atom. The van der Waals surface area contributed by atoms with E-state index in [1.807, 2.05) is 42.5 Å². The fraction of sp³-hybridized carbons (Fsp3) is 0. The van der Waals surface area contributed by atoms with Crippen molar-refractivity contribution < 1.29 is 9.53 Å². The largest absolute Gasteiger partial charge is 0.421 e. The van der Waals surface area contributed by atoms with Crippen LogP contribution in [0.1, 0.15) is 21.5 Å². The number of carbonyl (C=O) groups is 1. The summed E-state index contributed by atoms with van der Waals surface area (Å²) in [5.74, 6) is 0.0816. The van der Waals surface area contributed by atoms with Crippen molar-refractivity contribution in [1.82, 2.24) is 0 Å². The molecule has 0 bridgehead atoms. The van der Waals surface area contributed by atoms with Gasteiger partial charge in [-0.25, -0.2) is 4.79 Å². The maximum atomic E-state index is 11.7. The standard InChI is InChI=1S/C15H9ClO2/c16-13(10-6-2-1-3-7-10)14-11-8-4-5-9-12(11)15(17)18-14/h1-9H/b14-13-. The lowest BCUT2D eigenvalue weighted by atomic mass is 10.1. The number of cyclic esters (lactones) is 1. The molecule has 1 heterocycles. The van der Waals surface area contributed by atoms with Gasteiger partial charge in [-0.3, -0.25) is 0 Å². The van der Waals surface area contributed by atoms with Crippen LogP contribution in [-0.4, -0.2) is 5.97 Å². The molecule has 1 aliphatic heterocycles. The van der Waals surface area contributed by atoms with Crippen molar-refractivity contribution in [1.29, 1.82) is 0 Å². The van der Waals surface area contributed by atoms with E-state index < -0.39 is 0 Å². The average Bonchev–Trinajstić information content (AvgIpc) is 2.77. The Balaban J connectivity index is 2.17. The minimum atomic E-state index is -0.352. The van der Waals surface area contributed by atoms with Crippen LogP contribution >= 0.6 is 11.6 Å². The van der Waals surface area contributed by atoms with Crippen molar-refractivity contribution in [3.8, 4) is 0 Å². The van der Waals surface area contributed by atoms with Gasteiger partial charge >= 0.3 is 5.97 Å². The number of hydrogen-bond acceptors (Lipinski definition) is 2. The number of fused-ring (bicyclic) bond motifs is 1. The van der Waals surface area contributed by atoms with E-state index in [2.05, 4.69) is 0 Å². The molecule has 1 aliphatic rings. The normalized spacial score (nSPS) is 16.2. The third kappa shape index (κ3) is 1.71. The smallest absolute Gasteiger partial charge is 0.344 e. The van der Waals surface area contributed by atoms with E-state index in [1.54, 1.807) is 12.1 Å². The number of halogens is 1. The van der Waals surface area contributed by atoms with Crippen LogP contribution in [0.3, 0.4) is 0 Å². The zero-order chi connectivity index (χ0) is 12.5. The Bertz CT molecular complexity index is 645. The molecule has 2 nitrogen and oxygen atoms in total. The zero-order valence-electron chi connectivity index (χ0n) is 9.39. The van der Waals surface area contributed by atoms with Crippen LogP contribution in [0.25, 0.3) is 10.8 Å². The topological polar surface area (TPSA) is 26.3 Å². The third-order valence-corrected chi connectivity index (χ3v) is 3.20. The Morgan fingerprint density at radius 1 is 0.889 bits per heavy atom. The van der Waals surface area contributed by atoms with E-state index in [0.717, 1.165) is 11.1 Å². The van der Waals surface area contributed by atoms with Crippen molar-refractivity contribution in [3.05, 3.63) is 71.3 Å². The predicted molar refractivity (Wildman–Crippen MR) is 71.0 cm³/mol. The number of ether oxygens (including phenoxy) is 1. The van der Waals surface area contributed by atoms with Crippen LogP contribution in [0.15, 0.2) is 54.6 Å². The van der Waals surface area contributed by atoms with Gasteiger partial charge in [-0.05, 0) is 11.6 Å². The highest BCUT2D eigenvalue weighted by Gasteiger charge is 2.28. The van der Waals surface area contributed by atoms with Crippen molar-refractivity contribution in [2.75, 3.05) is 0 Å². The first-order chi connectivity index (χ1) is 8.77. The first-order valence-electron chi connectivity index (χ1n) is 5.54. The molecule has 0 aliphatic carbocycles. The second kappa shape index (κ2) is 4.31. The fourth-order valence-corrected chi connectivity index (χ4v) is 2.21. The molecule has 2 aromatic rings. The van der Waals surface area contributed by atoms with E-state index in [9.17, 15) is 4.79 Å². The Morgan fingerprint density at radius 3 is 2.22 bits per heavy atom.